The van der Waals surface area contributed by atoms with Gasteiger partial charge in [0.25, 0.3) is 0 Å². The number of fused-ring (bicyclic) bond motifs is 1. The van der Waals surface area contributed by atoms with E-state index in [2.05, 4.69) is 10.3 Å². The Morgan fingerprint density at radius 1 is 1.14 bits per heavy atom. The lowest BCUT2D eigenvalue weighted by Gasteiger charge is -2.07. The Balaban J connectivity index is 1.41. The molecule has 1 fully saturated rings. The molecule has 0 spiro atoms. The molecule has 8 heteroatoms. The summed E-state index contributed by atoms with van der Waals surface area (Å²) in [5, 5.41) is 7.47. The van der Waals surface area contributed by atoms with Crippen LogP contribution in [0.2, 0.25) is 5.02 Å². The molecule has 0 amide bonds. The third-order valence-electron chi connectivity index (χ3n) is 6.29. The number of ketones is 1. The van der Waals surface area contributed by atoms with Gasteiger partial charge in [-0.1, -0.05) is 35.9 Å². The number of nitrogens with zero attached hydrogens (tertiary/aromatic N) is 3. The first-order chi connectivity index (χ1) is 17.6. The van der Waals surface area contributed by atoms with Crippen molar-refractivity contribution >= 4 is 44.9 Å². The molecule has 1 saturated carbocycles. The standard InChI is InChI=1S/C28H23ClN4O2S/c1-35-22-10-2-17(3-11-22)14-33-15-24(26(34)25-16-36-28(32-25)31-21-8-9-21)23-12-19(13-30-27(23)33)18-4-6-20(29)7-5-18/h2-7,10-13,15-16,21H,8-9,14H2,1H3,(H,31,32). The number of carbonyl (C=O) groups is 1. The molecule has 1 aliphatic rings. The van der Waals surface area contributed by atoms with E-state index in [0.717, 1.165) is 51.4 Å². The van der Waals surface area contributed by atoms with Crippen LogP contribution < -0.4 is 10.1 Å². The highest BCUT2D eigenvalue weighted by Crippen LogP contribution is 2.31. The van der Waals surface area contributed by atoms with E-state index in [1.165, 1.54) is 11.3 Å². The van der Waals surface area contributed by atoms with Crippen LogP contribution in [0.3, 0.4) is 0 Å². The molecule has 36 heavy (non-hydrogen) atoms. The molecule has 3 aromatic heterocycles. The monoisotopic (exact) mass is 514 g/mol. The molecular weight excluding hydrogens is 492 g/mol. The number of halogens is 1. The van der Waals surface area contributed by atoms with Gasteiger partial charge in [-0.3, -0.25) is 4.79 Å². The van der Waals surface area contributed by atoms with Crippen LogP contribution in [0.5, 0.6) is 5.75 Å². The largest absolute Gasteiger partial charge is 0.497 e. The second-order valence-electron chi connectivity index (χ2n) is 8.91. The highest BCUT2D eigenvalue weighted by atomic mass is 35.5. The van der Waals surface area contributed by atoms with E-state index >= 15 is 0 Å². The van der Waals surface area contributed by atoms with Crippen molar-refractivity contribution < 1.29 is 9.53 Å². The average molecular weight is 515 g/mol. The Hall–Kier alpha value is -3.68. The molecule has 1 aliphatic carbocycles. The molecule has 2 aromatic carbocycles. The first-order valence-electron chi connectivity index (χ1n) is 11.7. The second kappa shape index (κ2) is 9.41. The molecule has 3 heterocycles. The van der Waals surface area contributed by atoms with Crippen LogP contribution in [-0.2, 0) is 6.54 Å². The summed E-state index contributed by atoms with van der Waals surface area (Å²) < 4.78 is 7.30. The maximum Gasteiger partial charge on any atom is 0.214 e. The minimum atomic E-state index is -0.108. The number of ether oxygens (including phenoxy) is 1. The van der Waals surface area contributed by atoms with Gasteiger partial charge in [0.1, 0.15) is 17.1 Å². The van der Waals surface area contributed by atoms with Gasteiger partial charge in [-0.05, 0) is 54.3 Å². The van der Waals surface area contributed by atoms with Crippen molar-refractivity contribution in [2.45, 2.75) is 25.4 Å². The number of benzene rings is 2. The van der Waals surface area contributed by atoms with Crippen molar-refractivity contribution in [2.24, 2.45) is 0 Å². The Labute approximate surface area is 217 Å². The summed E-state index contributed by atoms with van der Waals surface area (Å²) in [5.41, 5.74) is 4.77. The van der Waals surface area contributed by atoms with Crippen LogP contribution in [0.25, 0.3) is 22.2 Å². The van der Waals surface area contributed by atoms with E-state index in [1.54, 1.807) is 7.11 Å². The topological polar surface area (TPSA) is 69.0 Å². The lowest BCUT2D eigenvalue weighted by molar-refractivity contribution is 0.103. The zero-order chi connectivity index (χ0) is 24.6. The average Bonchev–Trinajstić information content (AvgIpc) is 3.47. The number of pyridine rings is 1. The zero-order valence-electron chi connectivity index (χ0n) is 19.6. The van der Waals surface area contributed by atoms with E-state index < -0.39 is 0 Å². The summed E-state index contributed by atoms with van der Waals surface area (Å²) in [5.74, 6) is 0.695. The molecular formula is C28H23ClN4O2S. The third-order valence-corrected chi connectivity index (χ3v) is 7.32. The third kappa shape index (κ3) is 4.59. The molecule has 0 bridgehead atoms. The van der Waals surface area contributed by atoms with Crippen LogP contribution in [0, 0.1) is 0 Å². The Morgan fingerprint density at radius 3 is 2.64 bits per heavy atom. The number of carbonyl (C=O) groups excluding carboxylic acids is 1. The fraction of sp³-hybridized carbons (Fsp3) is 0.179. The van der Waals surface area contributed by atoms with Gasteiger partial charge in [0.05, 0.1) is 12.7 Å². The molecule has 1 N–H and O–H groups in total. The smallest absolute Gasteiger partial charge is 0.214 e. The molecule has 5 aromatic rings. The predicted molar refractivity (Wildman–Crippen MR) is 144 cm³/mol. The first-order valence-corrected chi connectivity index (χ1v) is 13.0. The second-order valence-corrected chi connectivity index (χ2v) is 10.2. The highest BCUT2D eigenvalue weighted by Gasteiger charge is 2.24. The number of hydrogen-bond acceptors (Lipinski definition) is 6. The van der Waals surface area contributed by atoms with Crippen molar-refractivity contribution in [3.8, 4) is 16.9 Å². The molecule has 0 atom stereocenters. The molecule has 6 rings (SSSR count). The number of rotatable bonds is 8. The predicted octanol–water partition coefficient (Wildman–Crippen LogP) is 6.68. The minimum Gasteiger partial charge on any atom is -0.497 e. The molecule has 0 aliphatic heterocycles. The lowest BCUT2D eigenvalue weighted by Crippen LogP contribution is -2.04. The molecule has 0 unspecified atom stereocenters. The fourth-order valence-corrected chi connectivity index (χ4v) is 5.08. The highest BCUT2D eigenvalue weighted by molar-refractivity contribution is 7.13. The molecule has 6 nitrogen and oxygen atoms in total. The Kier molecular flexibility index (Phi) is 5.95. The van der Waals surface area contributed by atoms with Gasteiger partial charge in [0, 0.05) is 46.3 Å². The maximum absolute atomic E-state index is 13.7. The van der Waals surface area contributed by atoms with Crippen molar-refractivity contribution in [3.05, 3.63) is 94.2 Å². The number of thiazole rings is 1. The SMILES string of the molecule is COc1ccc(Cn2cc(C(=O)c3csc(NC4CC4)n3)c3cc(-c4ccc(Cl)cc4)cnc32)cc1. The van der Waals surface area contributed by atoms with Crippen LogP contribution in [-0.4, -0.2) is 33.5 Å². The van der Waals surface area contributed by atoms with Gasteiger partial charge in [-0.25, -0.2) is 9.97 Å². The Morgan fingerprint density at radius 2 is 1.92 bits per heavy atom. The number of aromatic nitrogens is 3. The fourth-order valence-electron chi connectivity index (χ4n) is 4.19. The van der Waals surface area contributed by atoms with Crippen molar-refractivity contribution in [1.82, 2.24) is 14.5 Å². The van der Waals surface area contributed by atoms with Gasteiger partial charge in [0.2, 0.25) is 5.78 Å². The number of nitrogens with one attached hydrogen (secondary N) is 1. The zero-order valence-corrected chi connectivity index (χ0v) is 21.1. The normalized spacial score (nSPS) is 13.2. The van der Waals surface area contributed by atoms with E-state index in [-0.39, 0.29) is 5.78 Å². The molecule has 180 valence electrons. The van der Waals surface area contributed by atoms with Crippen molar-refractivity contribution in [2.75, 3.05) is 12.4 Å². The van der Waals surface area contributed by atoms with Gasteiger partial charge in [-0.2, -0.15) is 0 Å². The summed E-state index contributed by atoms with van der Waals surface area (Å²) in [6.07, 6.45) is 6.04. The van der Waals surface area contributed by atoms with E-state index in [1.807, 2.05) is 76.9 Å². The van der Waals surface area contributed by atoms with E-state index in [4.69, 9.17) is 21.3 Å². The van der Waals surface area contributed by atoms with E-state index in [9.17, 15) is 4.79 Å². The van der Waals surface area contributed by atoms with Crippen molar-refractivity contribution in [1.29, 1.82) is 0 Å². The van der Waals surface area contributed by atoms with Crippen LogP contribution in [0.15, 0.2) is 72.4 Å². The Bertz CT molecular complexity index is 1550. The van der Waals surface area contributed by atoms with Crippen LogP contribution >= 0.6 is 22.9 Å². The summed E-state index contributed by atoms with van der Waals surface area (Å²) in [6.45, 7) is 0.576. The van der Waals surface area contributed by atoms with Crippen molar-refractivity contribution in [3.63, 3.8) is 0 Å². The summed E-state index contributed by atoms with van der Waals surface area (Å²) >= 11 is 7.55. The van der Waals surface area contributed by atoms with Gasteiger partial charge in [-0.15, -0.1) is 11.3 Å². The molecule has 0 radical (unpaired) electrons. The van der Waals surface area contributed by atoms with Gasteiger partial charge < -0.3 is 14.6 Å². The summed E-state index contributed by atoms with van der Waals surface area (Å²) in [6, 6.07) is 18.0. The number of methoxy groups -OCH3 is 1. The minimum absolute atomic E-state index is 0.108. The lowest BCUT2D eigenvalue weighted by atomic mass is 10.0. The maximum atomic E-state index is 13.7. The number of hydrogen-bond donors (Lipinski definition) is 1. The van der Waals surface area contributed by atoms with E-state index in [0.29, 0.717) is 28.9 Å². The van der Waals surface area contributed by atoms with Gasteiger partial charge >= 0.3 is 0 Å². The van der Waals surface area contributed by atoms with Crippen LogP contribution in [0.4, 0.5) is 5.13 Å². The molecule has 0 saturated heterocycles. The van der Waals surface area contributed by atoms with Gasteiger partial charge in [0.15, 0.2) is 5.13 Å². The quantitative estimate of drug-likeness (QED) is 0.234. The summed E-state index contributed by atoms with van der Waals surface area (Å²) in [7, 11) is 1.65. The summed E-state index contributed by atoms with van der Waals surface area (Å²) in [4.78, 5) is 23.0. The van der Waals surface area contributed by atoms with Crippen LogP contribution in [0.1, 0.15) is 34.5 Å². The number of anilines is 1. The first kappa shape index (κ1) is 22.8.